The van der Waals surface area contributed by atoms with E-state index in [4.69, 9.17) is 27.8 Å². The highest BCUT2D eigenvalue weighted by Gasteiger charge is 2.24. The highest BCUT2D eigenvalue weighted by molar-refractivity contribution is 9.11. The van der Waals surface area contributed by atoms with Crippen molar-refractivity contribution in [1.82, 2.24) is 24.5 Å². The molecule has 0 bridgehead atoms. The Hall–Kier alpha value is -16.8. The van der Waals surface area contributed by atoms with Crippen LogP contribution in [0.3, 0.4) is 0 Å². The maximum Gasteiger partial charge on any atom is 0.249 e. The lowest BCUT2D eigenvalue weighted by atomic mass is 9.99. The van der Waals surface area contributed by atoms with E-state index < -0.39 is 0 Å². The van der Waals surface area contributed by atoms with E-state index in [-0.39, 0.29) is 146 Å². The number of aliphatic hydroxyl groups is 2. The van der Waals surface area contributed by atoms with Gasteiger partial charge in [0.2, 0.25) is 17.7 Å². The molecule has 33 nitrogen and oxygen atoms in total. The van der Waals surface area contributed by atoms with Gasteiger partial charge in [0.15, 0.2) is 138 Å². The number of hydrogen-bond acceptors (Lipinski definition) is 37. The molecule has 6 heterocycles. The van der Waals surface area contributed by atoms with Gasteiger partial charge in [-0.15, -0.1) is 44.2 Å². The average molecular weight is 2100 g/mol. The third kappa shape index (κ3) is 22.8. The second-order valence-electron chi connectivity index (χ2n) is 29.9. The molecule has 19 rings (SSSR count). The number of ether oxygens (including phenoxy) is 4. The van der Waals surface area contributed by atoms with Gasteiger partial charge in [-0.1, -0.05) is 18.2 Å². The Bertz CT molecular complexity index is 7390. The van der Waals surface area contributed by atoms with Gasteiger partial charge in [-0.2, -0.15) is 4.37 Å². The van der Waals surface area contributed by atoms with Gasteiger partial charge in [0.25, 0.3) is 0 Å². The Morgan fingerprint density at radius 2 is 0.650 bits per heavy atom. The van der Waals surface area contributed by atoms with Crippen molar-refractivity contribution in [2.45, 2.75) is 13.2 Å². The van der Waals surface area contributed by atoms with Crippen LogP contribution in [0.5, 0.6) is 138 Å². The molecule has 0 unspecified atom stereocenters. The lowest BCUT2D eigenvalue weighted by molar-refractivity contribution is 0.273. The average Bonchev–Trinajstić information content (AvgIpc) is 1.63. The van der Waals surface area contributed by atoms with Crippen molar-refractivity contribution in [2.24, 2.45) is 0 Å². The molecule has 0 radical (unpaired) electrons. The Balaban J connectivity index is 0.000000136. The normalized spacial score (nSPS) is 10.8. The molecule has 0 spiro atoms. The quantitative estimate of drug-likeness (QED) is 0.0355. The summed E-state index contributed by atoms with van der Waals surface area (Å²) in [5, 5.41) is 216. The van der Waals surface area contributed by atoms with Crippen molar-refractivity contribution in [3.05, 3.63) is 269 Å². The summed E-state index contributed by atoms with van der Waals surface area (Å²) in [6.45, 7) is -0.217. The standard InChI is InChI=1S/C28H28O6S.C16H11BrO4S.C16H12O4S.C14H9BrN2O5.C14H10N2O4S.C13H9NO5/c1-31-23-9-7-17(11-21(23)16-30)22-14-27(18-5-6-20(15-29)25(12-18)33-3)35-28(22)19-8-10-24(32-2)26(13-19)34-4;17-10-7-15(8-1-3-11(18)13(20)5-8)22-16(10)9-2-4-12(19)14(21)6-9;17-11-3-1-9(7-13(11)19)15-5-6-16(21-15)10-2-4-12(18)14(20)8-10;15-8-5-12(21)11(20)4-7(8)14-17-16-13(22-14)6-1-2-9(18)10(19)3-6;17-9-3-1-7(5-11(9)19)13-15-14(21-16-13)8-2-4-10(18)12(20)6-8;15-8-2-1-6(3-9(8)16)13-14-7-4-10(17)11(18)5-12(7)19-13/h5-14,29-30H,15-16H2,1-4H3;1-7,18-21H;1-8,17-20H;1-5,18-21H;1-6,17-20H;1-5,15-18H. The van der Waals surface area contributed by atoms with Crippen molar-refractivity contribution in [3.8, 4) is 268 Å². The summed E-state index contributed by atoms with van der Waals surface area (Å²) in [5.74, 6) is -1.05. The number of methoxy groups -OCH3 is 4. The van der Waals surface area contributed by atoms with Gasteiger partial charge in [-0.25, -0.2) is 9.97 Å². The Morgan fingerprint density at radius 1 is 0.264 bits per heavy atom. The maximum absolute atomic E-state index is 9.88. The fourth-order valence-corrected chi connectivity index (χ4v) is 18.7. The Morgan fingerprint density at radius 3 is 1.19 bits per heavy atom. The summed E-state index contributed by atoms with van der Waals surface area (Å²) in [4.78, 5) is 14.1. The molecule has 6 aromatic heterocycles. The number of nitrogens with zero attached hydrogens (tertiary/aromatic N) is 5. The molecule has 0 amide bonds. The van der Waals surface area contributed by atoms with Crippen molar-refractivity contribution in [1.29, 1.82) is 0 Å². The van der Waals surface area contributed by atoms with Gasteiger partial charge in [0, 0.05) is 89.3 Å². The summed E-state index contributed by atoms with van der Waals surface area (Å²) in [7, 11) is 6.42. The third-order valence-electron chi connectivity index (χ3n) is 20.7. The van der Waals surface area contributed by atoms with Crippen LogP contribution in [-0.2, 0) is 13.2 Å². The smallest absolute Gasteiger partial charge is 0.249 e. The summed E-state index contributed by atoms with van der Waals surface area (Å²) >= 11 is 12.4. The molecule has 0 aliphatic carbocycles. The first-order valence-electron chi connectivity index (χ1n) is 40.8. The van der Waals surface area contributed by atoms with Crippen molar-refractivity contribution >= 4 is 88.5 Å². The van der Waals surface area contributed by atoms with Gasteiger partial charge >= 0.3 is 0 Å². The number of aliphatic hydroxyl groups excluding tert-OH is 2. The SMILES string of the molecule is COc1ccc(-c2cc(-c3ccc(CO)c(OC)c3)sc2-c2ccc(OC)c(OC)c2)cc1CO.Oc1ccc(-c2cc(Br)c(-c3ccc(O)c(O)c3)s2)cc1O.Oc1ccc(-c2ccc(-c3ccc(O)c(O)c3)s2)cc1O.Oc1ccc(-c2nc3cc(O)c(O)cc3o2)cc1O.Oc1ccc(-c2nnc(-c3cc(O)c(O)cc3Br)o2)cc1O.Oc1ccc(-c2nsc(-c3ccc(O)c(O)c3)n2)cc1O. The second-order valence-corrected chi connectivity index (χ2v) is 35.5. The molecule has 140 heavy (non-hydrogen) atoms. The van der Waals surface area contributed by atoms with Gasteiger partial charge in [0.1, 0.15) is 22.0 Å². The van der Waals surface area contributed by atoms with Crippen LogP contribution >= 0.6 is 77.4 Å². The van der Waals surface area contributed by atoms with Crippen LogP contribution in [0.25, 0.3) is 141 Å². The Kier molecular flexibility index (Phi) is 30.8. The zero-order chi connectivity index (χ0) is 100. The minimum Gasteiger partial charge on any atom is -0.504 e. The van der Waals surface area contributed by atoms with E-state index in [0.717, 1.165) is 95.3 Å². The molecule has 714 valence electrons. The molecule has 0 atom stereocenters. The molecule has 0 saturated heterocycles. The monoisotopic (exact) mass is 2100 g/mol. The van der Waals surface area contributed by atoms with Crippen LogP contribution in [0.4, 0.5) is 0 Å². The lowest BCUT2D eigenvalue weighted by Crippen LogP contribution is -1.93. The number of fused-ring (bicyclic) bond motifs is 1. The van der Waals surface area contributed by atoms with Crippen LogP contribution in [-0.4, -0.2) is 165 Å². The van der Waals surface area contributed by atoms with Crippen molar-refractivity contribution in [2.75, 3.05) is 28.4 Å². The number of aromatic nitrogens is 5. The highest BCUT2D eigenvalue weighted by atomic mass is 79.9. The number of phenols is 20. The minimum absolute atomic E-state index is 0.0914. The molecule has 0 saturated carbocycles. The summed E-state index contributed by atoms with van der Waals surface area (Å²) in [6, 6.07) is 66.0. The molecule has 19 aromatic rings. The molecule has 0 aliphatic heterocycles. The molecule has 13 aromatic carbocycles. The Labute approximate surface area is 825 Å². The third-order valence-corrected chi connectivity index (χ3v) is 26.7. The van der Waals surface area contributed by atoms with E-state index in [2.05, 4.69) is 62.5 Å². The molecule has 22 N–H and O–H groups in total. The minimum atomic E-state index is -0.319. The predicted octanol–water partition coefficient (Wildman–Crippen LogP) is 22.3. The predicted molar refractivity (Wildman–Crippen MR) is 533 cm³/mol. The van der Waals surface area contributed by atoms with Crippen LogP contribution in [0.15, 0.2) is 267 Å². The number of aromatic hydroxyl groups is 20. The first-order valence-corrected chi connectivity index (χ1v) is 45.6. The van der Waals surface area contributed by atoms with Crippen molar-refractivity contribution < 1.29 is 140 Å². The molecule has 39 heteroatoms. The van der Waals surface area contributed by atoms with Gasteiger partial charge in [0.05, 0.1) is 47.2 Å². The van der Waals surface area contributed by atoms with Crippen LogP contribution in [0, 0.1) is 0 Å². The van der Waals surface area contributed by atoms with Gasteiger partial charge in [-0.05, 0) is 301 Å². The van der Waals surface area contributed by atoms with E-state index >= 15 is 0 Å². The van der Waals surface area contributed by atoms with Gasteiger partial charge in [-0.3, -0.25) is 0 Å². The van der Waals surface area contributed by atoms with Gasteiger partial charge < -0.3 is 140 Å². The van der Waals surface area contributed by atoms with E-state index in [1.165, 1.54) is 156 Å². The first-order chi connectivity index (χ1) is 67.1. The van der Waals surface area contributed by atoms with Crippen molar-refractivity contribution in [3.63, 3.8) is 0 Å². The zero-order valence-corrected chi connectivity index (χ0v) is 79.4. The number of halogens is 2. The second kappa shape index (κ2) is 43.5. The van der Waals surface area contributed by atoms with E-state index in [1.54, 1.807) is 76.2 Å². The summed E-state index contributed by atoms with van der Waals surface area (Å²) in [6.07, 6.45) is 0. The number of benzene rings is 13. The molecular formula is C101H79Br2N5O28S4. The number of oxazole rings is 1. The number of rotatable bonds is 18. The number of thiophene rings is 3. The fraction of sp³-hybridized carbons (Fsp3) is 0.0594. The summed E-state index contributed by atoms with van der Waals surface area (Å²) in [5.41, 5.74) is 11.7. The molecular weight excluding hydrogens is 2020 g/mol. The fourth-order valence-electron chi connectivity index (χ4n) is 13.4. The number of phenolic OH excluding ortho intramolecular Hbond substituents is 20. The van der Waals surface area contributed by atoms with E-state index in [1.807, 2.05) is 72.8 Å². The number of hydrogen-bond donors (Lipinski definition) is 22. The summed E-state index contributed by atoms with van der Waals surface area (Å²) < 4.78 is 38.2. The van der Waals surface area contributed by atoms with Crippen LogP contribution in [0.2, 0.25) is 0 Å². The lowest BCUT2D eigenvalue weighted by Gasteiger charge is -2.12. The zero-order valence-electron chi connectivity index (χ0n) is 73.0. The largest absolute Gasteiger partial charge is 0.504 e. The van der Waals surface area contributed by atoms with Crippen LogP contribution < -0.4 is 18.9 Å². The topological polar surface area (TPSA) is 573 Å². The first kappa shape index (κ1) is 99.2. The van der Waals surface area contributed by atoms with E-state index in [0.29, 0.717) is 82.8 Å². The van der Waals surface area contributed by atoms with Crippen LogP contribution in [0.1, 0.15) is 11.1 Å². The molecule has 0 aliphatic rings. The maximum atomic E-state index is 9.88. The van der Waals surface area contributed by atoms with E-state index in [9.17, 15) is 112 Å². The highest BCUT2D eigenvalue weighted by Crippen LogP contribution is 2.51. The molecule has 0 fully saturated rings.